The Morgan fingerprint density at radius 1 is 0.971 bits per heavy atom. The van der Waals surface area contributed by atoms with Gasteiger partial charge in [0.25, 0.3) is 0 Å². The summed E-state index contributed by atoms with van der Waals surface area (Å²) in [7, 11) is -3.53. The number of ether oxygens (including phenoxy) is 2. The molecule has 0 aliphatic rings. The molecule has 2 aromatic carbocycles. The molecule has 0 aliphatic heterocycles. The number of carbonyl (C=O) groups is 1. The van der Waals surface area contributed by atoms with Gasteiger partial charge in [-0.25, -0.2) is 13.1 Å². The average molecular weight is 551 g/mol. The summed E-state index contributed by atoms with van der Waals surface area (Å²) in [5.74, 6) is 1.03. The lowest BCUT2D eigenvalue weighted by molar-refractivity contribution is -0.125. The van der Waals surface area contributed by atoms with Gasteiger partial charge in [0.05, 0.1) is 28.4 Å². The van der Waals surface area contributed by atoms with Crippen LogP contribution in [0.2, 0.25) is 10.0 Å². The molecular weight excluding hydrogens is 521 g/mol. The highest BCUT2D eigenvalue weighted by Gasteiger charge is 2.31. The van der Waals surface area contributed by atoms with Crippen LogP contribution in [0, 0.1) is 0 Å². The predicted octanol–water partition coefficient (Wildman–Crippen LogP) is 5.60. The van der Waals surface area contributed by atoms with Crippen molar-refractivity contribution in [1.29, 1.82) is 0 Å². The second-order valence-electron chi connectivity index (χ2n) is 9.02. The van der Waals surface area contributed by atoms with Crippen molar-refractivity contribution in [1.82, 2.24) is 4.72 Å². The number of rotatable bonds is 12. The summed E-state index contributed by atoms with van der Waals surface area (Å²) in [6.07, 6.45) is 1.69. The van der Waals surface area contributed by atoms with Gasteiger partial charge in [0.1, 0.15) is 12.4 Å². The Kier molecular flexibility index (Phi) is 9.70. The first-order valence-electron chi connectivity index (χ1n) is 10.6. The third-order valence-electron chi connectivity index (χ3n) is 5.33. The van der Waals surface area contributed by atoms with E-state index in [4.69, 9.17) is 44.3 Å². The zero-order chi connectivity index (χ0) is 25.7. The molecule has 0 spiro atoms. The van der Waals surface area contributed by atoms with Gasteiger partial charge in [-0.3, -0.25) is 4.79 Å². The number of hydrogen-bond donors (Lipinski definition) is 1. The molecule has 10 heteroatoms. The molecule has 0 aliphatic carbocycles. The topological polar surface area (TPSA) is 81.7 Å². The van der Waals surface area contributed by atoms with Crippen molar-refractivity contribution in [3.05, 3.63) is 57.6 Å². The molecule has 6 nitrogen and oxygen atoms in total. The zero-order valence-corrected chi connectivity index (χ0v) is 23.0. The van der Waals surface area contributed by atoms with Crippen LogP contribution < -0.4 is 14.2 Å². The van der Waals surface area contributed by atoms with Gasteiger partial charge in [-0.05, 0) is 55.7 Å². The SMILES string of the molecule is CC(C)(NS(C)(=O)=O)C(=O)COc1ccc(C(C)(C)c2cc(Cl)c(OCCCCl)c(Cl)c2)cc1. The quantitative estimate of drug-likeness (QED) is 0.275. The van der Waals surface area contributed by atoms with Crippen LogP contribution in [-0.2, 0) is 20.2 Å². The number of ketones is 1. The van der Waals surface area contributed by atoms with E-state index in [1.54, 1.807) is 12.1 Å². The van der Waals surface area contributed by atoms with Crippen LogP contribution in [0.15, 0.2) is 36.4 Å². The van der Waals surface area contributed by atoms with Crippen LogP contribution in [0.4, 0.5) is 0 Å². The average Bonchev–Trinajstić information content (AvgIpc) is 2.72. The molecule has 2 rings (SSSR count). The monoisotopic (exact) mass is 549 g/mol. The maximum Gasteiger partial charge on any atom is 0.209 e. The van der Waals surface area contributed by atoms with E-state index in [-0.39, 0.29) is 12.4 Å². The van der Waals surface area contributed by atoms with E-state index in [0.29, 0.717) is 40.5 Å². The van der Waals surface area contributed by atoms with Gasteiger partial charge in [0.2, 0.25) is 10.0 Å². The number of alkyl halides is 1. The van der Waals surface area contributed by atoms with Crippen molar-refractivity contribution in [2.45, 2.75) is 45.1 Å². The van der Waals surface area contributed by atoms with Gasteiger partial charge in [-0.1, -0.05) is 49.2 Å². The maximum absolute atomic E-state index is 12.4. The first-order chi connectivity index (χ1) is 15.7. The highest BCUT2D eigenvalue weighted by Crippen LogP contribution is 2.40. The Morgan fingerprint density at radius 2 is 1.53 bits per heavy atom. The van der Waals surface area contributed by atoms with Crippen LogP contribution >= 0.6 is 34.8 Å². The summed E-state index contributed by atoms with van der Waals surface area (Å²) >= 11 is 18.6. The molecule has 0 radical (unpaired) electrons. The summed E-state index contributed by atoms with van der Waals surface area (Å²) in [6.45, 7) is 7.24. The molecule has 0 amide bonds. The Morgan fingerprint density at radius 3 is 2.03 bits per heavy atom. The molecule has 0 saturated heterocycles. The van der Waals surface area contributed by atoms with Gasteiger partial charge >= 0.3 is 0 Å². The highest BCUT2D eigenvalue weighted by atomic mass is 35.5. The molecule has 2 aromatic rings. The Labute approximate surface area is 216 Å². The van der Waals surface area contributed by atoms with E-state index in [2.05, 4.69) is 4.72 Å². The Bertz CT molecular complexity index is 1090. The van der Waals surface area contributed by atoms with Crippen molar-refractivity contribution in [3.8, 4) is 11.5 Å². The lowest BCUT2D eigenvalue weighted by Crippen LogP contribution is -2.51. The molecule has 188 valence electrons. The fourth-order valence-electron chi connectivity index (χ4n) is 3.27. The minimum Gasteiger partial charge on any atom is -0.490 e. The number of Topliss-reactive ketones (excluding diaryl/α,β-unsaturated/α-hetero) is 1. The number of hydrogen-bond acceptors (Lipinski definition) is 5. The Balaban J connectivity index is 2.13. The summed E-state index contributed by atoms with van der Waals surface area (Å²) in [4.78, 5) is 12.4. The fourth-order valence-corrected chi connectivity index (χ4v) is 5.02. The second-order valence-corrected chi connectivity index (χ2v) is 12.0. The van der Waals surface area contributed by atoms with E-state index >= 15 is 0 Å². The van der Waals surface area contributed by atoms with Crippen molar-refractivity contribution in [2.75, 3.05) is 25.3 Å². The van der Waals surface area contributed by atoms with Crippen LogP contribution in [0.5, 0.6) is 11.5 Å². The van der Waals surface area contributed by atoms with Crippen LogP contribution in [0.3, 0.4) is 0 Å². The first kappa shape index (κ1) is 28.7. The van der Waals surface area contributed by atoms with Crippen LogP contribution in [-0.4, -0.2) is 45.1 Å². The molecule has 0 heterocycles. The summed E-state index contributed by atoms with van der Waals surface area (Å²) in [6, 6.07) is 11.0. The number of benzene rings is 2. The molecule has 1 N–H and O–H groups in total. The Hall–Kier alpha value is -1.51. The van der Waals surface area contributed by atoms with Crippen molar-refractivity contribution < 1.29 is 22.7 Å². The van der Waals surface area contributed by atoms with E-state index in [9.17, 15) is 13.2 Å². The van der Waals surface area contributed by atoms with Gasteiger partial charge in [0, 0.05) is 11.3 Å². The van der Waals surface area contributed by atoms with E-state index in [1.807, 2.05) is 38.1 Å². The van der Waals surface area contributed by atoms with E-state index < -0.39 is 21.0 Å². The van der Waals surface area contributed by atoms with Gasteiger partial charge < -0.3 is 9.47 Å². The third-order valence-corrected chi connectivity index (χ3v) is 7.04. The van der Waals surface area contributed by atoms with Gasteiger partial charge in [0.15, 0.2) is 11.5 Å². The van der Waals surface area contributed by atoms with Crippen LogP contribution in [0.25, 0.3) is 0 Å². The highest BCUT2D eigenvalue weighted by molar-refractivity contribution is 7.88. The molecule has 0 atom stereocenters. The normalized spacial score (nSPS) is 12.5. The number of carbonyl (C=O) groups excluding carboxylic acids is 1. The zero-order valence-electron chi connectivity index (χ0n) is 19.9. The lowest BCUT2D eigenvalue weighted by Gasteiger charge is -2.27. The summed E-state index contributed by atoms with van der Waals surface area (Å²) in [5, 5.41) is 0.850. The molecule has 0 saturated carbocycles. The van der Waals surface area contributed by atoms with Crippen molar-refractivity contribution >= 4 is 50.6 Å². The summed E-state index contributed by atoms with van der Waals surface area (Å²) in [5.41, 5.74) is 0.184. The smallest absolute Gasteiger partial charge is 0.209 e. The molecule has 0 aromatic heterocycles. The molecule has 0 bridgehead atoms. The molecule has 0 unspecified atom stereocenters. The lowest BCUT2D eigenvalue weighted by atomic mass is 9.78. The minimum absolute atomic E-state index is 0.269. The molecule has 34 heavy (non-hydrogen) atoms. The number of nitrogens with one attached hydrogen (secondary N) is 1. The predicted molar refractivity (Wildman–Crippen MR) is 138 cm³/mol. The molecular formula is C24H30Cl3NO5S. The summed E-state index contributed by atoms with van der Waals surface area (Å²) < 4.78 is 36.5. The van der Waals surface area contributed by atoms with E-state index in [0.717, 1.165) is 17.4 Å². The third kappa shape index (κ3) is 7.75. The number of halogens is 3. The minimum atomic E-state index is -3.53. The largest absolute Gasteiger partial charge is 0.490 e. The second kappa shape index (κ2) is 11.5. The fraction of sp³-hybridized carbons (Fsp3) is 0.458. The molecule has 0 fully saturated rings. The van der Waals surface area contributed by atoms with Crippen molar-refractivity contribution in [3.63, 3.8) is 0 Å². The van der Waals surface area contributed by atoms with Gasteiger partial charge in [-0.2, -0.15) is 0 Å². The van der Waals surface area contributed by atoms with Crippen LogP contribution in [0.1, 0.15) is 45.2 Å². The van der Waals surface area contributed by atoms with E-state index in [1.165, 1.54) is 13.8 Å². The first-order valence-corrected chi connectivity index (χ1v) is 13.8. The standard InChI is InChI=1S/C24H30Cl3NO5S/c1-23(2,17-13-19(26)22(20(27)14-17)32-12-6-11-25)16-7-9-18(10-8-16)33-15-21(29)24(3,4)28-34(5,30)31/h7-10,13-14,28H,6,11-12,15H2,1-5H3. The van der Waals surface area contributed by atoms with Crippen molar-refractivity contribution in [2.24, 2.45) is 0 Å². The number of sulfonamides is 1. The van der Waals surface area contributed by atoms with Gasteiger partial charge in [-0.15, -0.1) is 11.6 Å². The maximum atomic E-state index is 12.4.